The van der Waals surface area contributed by atoms with Gasteiger partial charge in [-0.1, -0.05) is 26.8 Å². The van der Waals surface area contributed by atoms with E-state index in [-0.39, 0.29) is 23.5 Å². The second kappa shape index (κ2) is 4.74. The van der Waals surface area contributed by atoms with E-state index in [4.69, 9.17) is 5.11 Å². The molecule has 3 nitrogen and oxygen atoms in total. The molecule has 0 saturated heterocycles. The number of aromatic hydroxyl groups is 2. The topological polar surface area (TPSA) is 60.7 Å². The SMILES string of the molecule is CC(C)(C)c1cc(O)c(O)c(CCCO)c1. The zero-order chi connectivity index (χ0) is 12.3. The molecule has 1 aromatic rings. The van der Waals surface area contributed by atoms with Crippen LogP contribution in [-0.2, 0) is 11.8 Å². The number of hydrogen-bond acceptors (Lipinski definition) is 3. The van der Waals surface area contributed by atoms with Crippen molar-refractivity contribution in [2.24, 2.45) is 0 Å². The van der Waals surface area contributed by atoms with Crippen molar-refractivity contribution in [3.63, 3.8) is 0 Å². The van der Waals surface area contributed by atoms with Crippen LogP contribution in [0.5, 0.6) is 11.5 Å². The van der Waals surface area contributed by atoms with Gasteiger partial charge < -0.3 is 15.3 Å². The van der Waals surface area contributed by atoms with Crippen molar-refractivity contribution in [2.45, 2.75) is 39.0 Å². The summed E-state index contributed by atoms with van der Waals surface area (Å²) in [5, 5.41) is 28.1. The van der Waals surface area contributed by atoms with Gasteiger partial charge in [0.15, 0.2) is 11.5 Å². The summed E-state index contributed by atoms with van der Waals surface area (Å²) in [5.74, 6) is -0.151. The first-order chi connectivity index (χ1) is 7.36. The summed E-state index contributed by atoms with van der Waals surface area (Å²) in [6, 6.07) is 3.49. The summed E-state index contributed by atoms with van der Waals surface area (Å²) >= 11 is 0. The van der Waals surface area contributed by atoms with Crippen LogP contribution in [0.4, 0.5) is 0 Å². The van der Waals surface area contributed by atoms with Crippen LogP contribution in [0, 0.1) is 0 Å². The predicted octanol–water partition coefficient (Wildman–Crippen LogP) is 2.32. The van der Waals surface area contributed by atoms with Gasteiger partial charge in [-0.3, -0.25) is 0 Å². The lowest BCUT2D eigenvalue weighted by atomic mass is 9.85. The molecule has 0 aliphatic carbocycles. The third-order valence-corrected chi connectivity index (χ3v) is 2.64. The Morgan fingerprint density at radius 3 is 2.25 bits per heavy atom. The fourth-order valence-corrected chi connectivity index (χ4v) is 1.57. The number of benzene rings is 1. The van der Waals surface area contributed by atoms with Crippen LogP contribution in [0.3, 0.4) is 0 Å². The molecule has 0 saturated carbocycles. The van der Waals surface area contributed by atoms with Crippen molar-refractivity contribution >= 4 is 0 Å². The van der Waals surface area contributed by atoms with Gasteiger partial charge in [-0.05, 0) is 35.4 Å². The third-order valence-electron chi connectivity index (χ3n) is 2.64. The van der Waals surface area contributed by atoms with E-state index in [1.807, 2.05) is 6.07 Å². The first kappa shape index (κ1) is 12.8. The highest BCUT2D eigenvalue weighted by Crippen LogP contribution is 2.35. The average Bonchev–Trinajstić information content (AvgIpc) is 2.18. The molecule has 1 rings (SSSR count). The lowest BCUT2D eigenvalue weighted by Gasteiger charge is -2.21. The highest BCUT2D eigenvalue weighted by Gasteiger charge is 2.18. The first-order valence-corrected chi connectivity index (χ1v) is 5.52. The summed E-state index contributed by atoms with van der Waals surface area (Å²) < 4.78 is 0. The first-order valence-electron chi connectivity index (χ1n) is 5.52. The van der Waals surface area contributed by atoms with Crippen molar-refractivity contribution in [1.29, 1.82) is 0 Å². The molecule has 0 aromatic heterocycles. The maximum atomic E-state index is 9.68. The van der Waals surface area contributed by atoms with E-state index in [0.29, 0.717) is 18.4 Å². The number of phenolic OH excluding ortho intramolecular Hbond substituents is 2. The molecular weight excluding hydrogens is 204 g/mol. The van der Waals surface area contributed by atoms with Crippen LogP contribution in [0.15, 0.2) is 12.1 Å². The fourth-order valence-electron chi connectivity index (χ4n) is 1.57. The Kier molecular flexibility index (Phi) is 3.81. The minimum Gasteiger partial charge on any atom is -0.504 e. The van der Waals surface area contributed by atoms with E-state index >= 15 is 0 Å². The highest BCUT2D eigenvalue weighted by molar-refractivity contribution is 5.49. The van der Waals surface area contributed by atoms with E-state index < -0.39 is 0 Å². The standard InChI is InChI=1S/C13H20O3/c1-13(2,3)10-7-9(5-4-6-14)12(16)11(15)8-10/h7-8,14-16H,4-6H2,1-3H3. The molecular formula is C13H20O3. The lowest BCUT2D eigenvalue weighted by Crippen LogP contribution is -2.11. The van der Waals surface area contributed by atoms with Gasteiger partial charge in [-0.2, -0.15) is 0 Å². The van der Waals surface area contributed by atoms with E-state index in [1.54, 1.807) is 6.07 Å². The Morgan fingerprint density at radius 2 is 1.75 bits per heavy atom. The smallest absolute Gasteiger partial charge is 0.160 e. The molecule has 1 aromatic carbocycles. The predicted molar refractivity (Wildman–Crippen MR) is 63.9 cm³/mol. The number of aliphatic hydroxyl groups excluding tert-OH is 1. The van der Waals surface area contributed by atoms with Crippen LogP contribution >= 0.6 is 0 Å². The van der Waals surface area contributed by atoms with Crippen LogP contribution in [0.25, 0.3) is 0 Å². The zero-order valence-electron chi connectivity index (χ0n) is 10.1. The molecule has 0 atom stereocenters. The largest absolute Gasteiger partial charge is 0.504 e. The van der Waals surface area contributed by atoms with Gasteiger partial charge in [-0.25, -0.2) is 0 Å². The summed E-state index contributed by atoms with van der Waals surface area (Å²) in [6.45, 7) is 6.23. The molecule has 3 heteroatoms. The van der Waals surface area contributed by atoms with Crippen LogP contribution in [0.2, 0.25) is 0 Å². The maximum absolute atomic E-state index is 9.68. The Balaban J connectivity index is 3.12. The van der Waals surface area contributed by atoms with Gasteiger partial charge >= 0.3 is 0 Å². The quantitative estimate of drug-likeness (QED) is 0.690. The van der Waals surface area contributed by atoms with Crippen LogP contribution < -0.4 is 0 Å². The van der Waals surface area contributed by atoms with Gasteiger partial charge in [0.1, 0.15) is 0 Å². The zero-order valence-corrected chi connectivity index (χ0v) is 10.1. The molecule has 0 heterocycles. The lowest BCUT2D eigenvalue weighted by molar-refractivity contribution is 0.287. The van der Waals surface area contributed by atoms with Crippen molar-refractivity contribution < 1.29 is 15.3 Å². The van der Waals surface area contributed by atoms with Gasteiger partial charge in [0, 0.05) is 6.61 Å². The van der Waals surface area contributed by atoms with E-state index in [1.165, 1.54) is 0 Å². The van der Waals surface area contributed by atoms with Gasteiger partial charge in [0.25, 0.3) is 0 Å². The molecule has 0 radical (unpaired) electrons. The molecule has 0 fully saturated rings. The number of rotatable bonds is 3. The van der Waals surface area contributed by atoms with Crippen molar-refractivity contribution in [3.05, 3.63) is 23.3 Å². The van der Waals surface area contributed by atoms with E-state index in [9.17, 15) is 10.2 Å². The molecule has 0 unspecified atom stereocenters. The molecule has 0 spiro atoms. The average molecular weight is 224 g/mol. The van der Waals surface area contributed by atoms with Gasteiger partial charge in [0.05, 0.1) is 0 Å². The monoisotopic (exact) mass is 224 g/mol. The fraction of sp³-hybridized carbons (Fsp3) is 0.538. The molecule has 3 N–H and O–H groups in total. The summed E-state index contributed by atoms with van der Waals surface area (Å²) in [4.78, 5) is 0. The Hall–Kier alpha value is -1.22. The number of phenols is 2. The molecule has 0 amide bonds. The molecule has 0 bridgehead atoms. The highest BCUT2D eigenvalue weighted by atomic mass is 16.3. The minimum atomic E-state index is -0.0830. The van der Waals surface area contributed by atoms with Gasteiger partial charge in [0.2, 0.25) is 0 Å². The molecule has 90 valence electrons. The van der Waals surface area contributed by atoms with Crippen LogP contribution in [0.1, 0.15) is 38.3 Å². The molecule has 0 aliphatic rings. The maximum Gasteiger partial charge on any atom is 0.160 e. The van der Waals surface area contributed by atoms with Gasteiger partial charge in [-0.15, -0.1) is 0 Å². The number of aliphatic hydroxyl groups is 1. The summed E-state index contributed by atoms with van der Waals surface area (Å²) in [5.41, 5.74) is 1.61. The second-order valence-corrected chi connectivity index (χ2v) is 5.08. The second-order valence-electron chi connectivity index (χ2n) is 5.08. The normalized spacial score (nSPS) is 11.8. The van der Waals surface area contributed by atoms with E-state index in [0.717, 1.165) is 5.56 Å². The Labute approximate surface area is 96.4 Å². The Morgan fingerprint density at radius 1 is 1.12 bits per heavy atom. The molecule has 16 heavy (non-hydrogen) atoms. The van der Waals surface area contributed by atoms with Crippen LogP contribution in [-0.4, -0.2) is 21.9 Å². The summed E-state index contributed by atoms with van der Waals surface area (Å²) in [6.07, 6.45) is 1.15. The molecule has 0 aliphatic heterocycles. The van der Waals surface area contributed by atoms with Crippen molar-refractivity contribution in [1.82, 2.24) is 0 Å². The summed E-state index contributed by atoms with van der Waals surface area (Å²) in [7, 11) is 0. The van der Waals surface area contributed by atoms with E-state index in [2.05, 4.69) is 20.8 Å². The Bertz CT molecular complexity index is 364. The number of hydrogen-bond donors (Lipinski definition) is 3. The van der Waals surface area contributed by atoms with Crippen molar-refractivity contribution in [3.8, 4) is 11.5 Å². The number of aryl methyl sites for hydroxylation is 1. The third kappa shape index (κ3) is 2.89. The minimum absolute atomic E-state index is 0.0681. The van der Waals surface area contributed by atoms with Crippen molar-refractivity contribution in [2.75, 3.05) is 6.61 Å².